The fraction of sp³-hybridized carbons (Fsp3) is 0.150. The molecule has 4 nitrogen and oxygen atoms in total. The molecular weight excluding hydrogens is 366 g/mol. The van der Waals surface area contributed by atoms with E-state index in [1.807, 2.05) is 11.4 Å². The molecule has 1 heterocycles. The van der Waals surface area contributed by atoms with Crippen molar-refractivity contribution in [3.63, 3.8) is 0 Å². The Morgan fingerprint density at radius 3 is 2.69 bits per heavy atom. The maximum Gasteiger partial charge on any atom is 0.230 e. The molecule has 0 unspecified atom stereocenters. The van der Waals surface area contributed by atoms with Crippen molar-refractivity contribution in [1.82, 2.24) is 4.98 Å². The maximum absolute atomic E-state index is 12.2. The minimum absolute atomic E-state index is 0.177. The molecule has 0 aliphatic heterocycles. The lowest BCUT2D eigenvalue weighted by atomic mass is 10.1. The van der Waals surface area contributed by atoms with E-state index in [4.69, 9.17) is 16.9 Å². The van der Waals surface area contributed by atoms with Crippen molar-refractivity contribution >= 4 is 34.5 Å². The van der Waals surface area contributed by atoms with Gasteiger partial charge in [0.25, 0.3) is 0 Å². The van der Waals surface area contributed by atoms with Crippen molar-refractivity contribution < 1.29 is 4.79 Å². The Hall–Kier alpha value is -2.68. The lowest BCUT2D eigenvalue weighted by Gasteiger charge is -2.05. The summed E-state index contributed by atoms with van der Waals surface area (Å²) in [5, 5.41) is 14.8. The molecule has 0 aliphatic carbocycles. The first-order valence-corrected chi connectivity index (χ1v) is 9.38. The lowest BCUT2D eigenvalue weighted by molar-refractivity contribution is -0.115. The Balaban J connectivity index is 1.65. The minimum Gasteiger partial charge on any atom is -0.326 e. The van der Waals surface area contributed by atoms with Crippen molar-refractivity contribution in [2.75, 3.05) is 5.32 Å². The van der Waals surface area contributed by atoms with Crippen LogP contribution < -0.4 is 5.32 Å². The summed E-state index contributed by atoms with van der Waals surface area (Å²) >= 11 is 7.50. The number of nitrogens with zero attached hydrogens (tertiary/aromatic N) is 2. The van der Waals surface area contributed by atoms with Gasteiger partial charge in [-0.15, -0.1) is 11.3 Å². The summed E-state index contributed by atoms with van der Waals surface area (Å²) in [7, 11) is 0. The van der Waals surface area contributed by atoms with Crippen LogP contribution in [0.1, 0.15) is 23.7 Å². The van der Waals surface area contributed by atoms with Crippen LogP contribution in [0.25, 0.3) is 10.6 Å². The highest BCUT2D eigenvalue weighted by Gasteiger charge is 2.10. The van der Waals surface area contributed by atoms with Gasteiger partial charge in [0.2, 0.25) is 5.91 Å². The lowest BCUT2D eigenvalue weighted by Crippen LogP contribution is -2.14. The molecule has 1 N–H and O–H groups in total. The summed E-state index contributed by atoms with van der Waals surface area (Å²) in [5.74, 6) is -0.177. The molecule has 0 saturated heterocycles. The number of anilines is 1. The van der Waals surface area contributed by atoms with Crippen molar-refractivity contribution in [2.24, 2.45) is 0 Å². The Morgan fingerprint density at radius 2 is 2.04 bits per heavy atom. The van der Waals surface area contributed by atoms with Crippen LogP contribution in [0.4, 0.5) is 5.69 Å². The average Bonchev–Trinajstić information content (AvgIpc) is 3.10. The molecule has 0 atom stereocenters. The smallest absolute Gasteiger partial charge is 0.230 e. The van der Waals surface area contributed by atoms with E-state index in [0.29, 0.717) is 16.3 Å². The molecule has 130 valence electrons. The van der Waals surface area contributed by atoms with E-state index >= 15 is 0 Å². The number of amides is 1. The highest BCUT2D eigenvalue weighted by molar-refractivity contribution is 7.13. The van der Waals surface area contributed by atoms with Crippen LogP contribution in [0.3, 0.4) is 0 Å². The second-order valence-electron chi connectivity index (χ2n) is 5.73. The van der Waals surface area contributed by atoms with Gasteiger partial charge in [0.1, 0.15) is 11.1 Å². The number of nitriles is 1. The monoisotopic (exact) mass is 381 g/mol. The Morgan fingerprint density at radius 1 is 1.27 bits per heavy atom. The summed E-state index contributed by atoms with van der Waals surface area (Å²) < 4.78 is 0. The van der Waals surface area contributed by atoms with Gasteiger partial charge in [0, 0.05) is 16.6 Å². The summed E-state index contributed by atoms with van der Waals surface area (Å²) in [6, 6.07) is 15.1. The van der Waals surface area contributed by atoms with Crippen LogP contribution in [0.2, 0.25) is 5.02 Å². The van der Waals surface area contributed by atoms with Gasteiger partial charge < -0.3 is 5.32 Å². The van der Waals surface area contributed by atoms with E-state index in [-0.39, 0.29) is 12.3 Å². The molecule has 3 rings (SSSR count). The molecule has 26 heavy (non-hydrogen) atoms. The molecule has 2 aromatic carbocycles. The number of aromatic nitrogens is 1. The van der Waals surface area contributed by atoms with Crippen LogP contribution in [-0.2, 0) is 17.6 Å². The normalized spacial score (nSPS) is 10.3. The highest BCUT2D eigenvalue weighted by atomic mass is 35.5. The van der Waals surface area contributed by atoms with Crippen LogP contribution in [0, 0.1) is 11.3 Å². The number of carbonyl (C=O) groups excluding carboxylic acids is 1. The van der Waals surface area contributed by atoms with Crippen molar-refractivity contribution in [3.05, 3.63) is 69.7 Å². The van der Waals surface area contributed by atoms with E-state index in [0.717, 1.165) is 22.7 Å². The third-order valence-corrected chi connectivity index (χ3v) is 5.13. The summed E-state index contributed by atoms with van der Waals surface area (Å²) in [6.45, 7) is 2.12. The molecule has 0 spiro atoms. The van der Waals surface area contributed by atoms with Gasteiger partial charge in [-0.2, -0.15) is 5.26 Å². The Kier molecular flexibility index (Phi) is 5.67. The number of carbonyl (C=O) groups is 1. The molecule has 3 aromatic rings. The number of hydrogen-bond acceptors (Lipinski definition) is 4. The van der Waals surface area contributed by atoms with E-state index in [9.17, 15) is 4.79 Å². The van der Waals surface area contributed by atoms with Gasteiger partial charge in [-0.1, -0.05) is 42.8 Å². The Bertz CT molecular complexity index is 973. The first-order valence-electron chi connectivity index (χ1n) is 8.12. The number of benzene rings is 2. The average molecular weight is 382 g/mol. The van der Waals surface area contributed by atoms with E-state index in [1.54, 1.807) is 18.2 Å². The second-order valence-corrected chi connectivity index (χ2v) is 6.99. The molecule has 6 heteroatoms. The quantitative estimate of drug-likeness (QED) is 0.670. The van der Waals surface area contributed by atoms with Crippen molar-refractivity contribution in [3.8, 4) is 16.6 Å². The second kappa shape index (κ2) is 8.13. The van der Waals surface area contributed by atoms with Crippen LogP contribution in [0.5, 0.6) is 0 Å². The zero-order valence-corrected chi connectivity index (χ0v) is 15.7. The number of aryl methyl sites for hydroxylation is 1. The van der Waals surface area contributed by atoms with Gasteiger partial charge in [0.05, 0.1) is 22.7 Å². The molecule has 0 fully saturated rings. The summed E-state index contributed by atoms with van der Waals surface area (Å²) in [4.78, 5) is 16.8. The third-order valence-electron chi connectivity index (χ3n) is 3.88. The predicted octanol–water partition coefficient (Wildman–Crippen LogP) is 5.08. The SMILES string of the molecule is CCc1ccc(-c2nc(CC(=O)Nc3ccc(C#N)c(Cl)c3)cs2)cc1. The molecule has 0 radical (unpaired) electrons. The largest absolute Gasteiger partial charge is 0.326 e. The van der Waals surface area contributed by atoms with Gasteiger partial charge in [0.15, 0.2) is 0 Å². The van der Waals surface area contributed by atoms with Crippen molar-refractivity contribution in [2.45, 2.75) is 19.8 Å². The zero-order chi connectivity index (χ0) is 18.5. The first-order chi connectivity index (χ1) is 12.6. The topological polar surface area (TPSA) is 65.8 Å². The fourth-order valence-corrected chi connectivity index (χ4v) is 3.51. The molecule has 0 bridgehead atoms. The number of hydrogen-bond donors (Lipinski definition) is 1. The van der Waals surface area contributed by atoms with Crippen LogP contribution >= 0.6 is 22.9 Å². The third kappa shape index (κ3) is 4.29. The summed E-state index contributed by atoms with van der Waals surface area (Å²) in [6.07, 6.45) is 1.18. The van der Waals surface area contributed by atoms with E-state index < -0.39 is 0 Å². The standard InChI is InChI=1S/C20H16ClN3OS/c1-2-13-3-5-14(6-4-13)20-24-17(12-26-20)10-19(25)23-16-8-7-15(11-22)18(21)9-16/h3-9,12H,2,10H2,1H3,(H,23,25). The van der Waals surface area contributed by atoms with Crippen LogP contribution in [0.15, 0.2) is 47.8 Å². The predicted molar refractivity (Wildman–Crippen MR) is 105 cm³/mol. The molecule has 1 aromatic heterocycles. The van der Waals surface area contributed by atoms with E-state index in [1.165, 1.54) is 16.9 Å². The number of thiazole rings is 1. The maximum atomic E-state index is 12.2. The number of halogens is 1. The highest BCUT2D eigenvalue weighted by Crippen LogP contribution is 2.25. The zero-order valence-electron chi connectivity index (χ0n) is 14.1. The van der Waals surface area contributed by atoms with E-state index in [2.05, 4.69) is 41.5 Å². The number of nitrogens with one attached hydrogen (secondary N) is 1. The number of rotatable bonds is 5. The van der Waals surface area contributed by atoms with Gasteiger partial charge in [-0.3, -0.25) is 4.79 Å². The minimum atomic E-state index is -0.177. The molecule has 0 saturated carbocycles. The first kappa shape index (κ1) is 18.1. The molecule has 1 amide bonds. The van der Waals surface area contributed by atoms with Gasteiger partial charge >= 0.3 is 0 Å². The van der Waals surface area contributed by atoms with Gasteiger partial charge in [-0.05, 0) is 30.2 Å². The summed E-state index contributed by atoms with van der Waals surface area (Å²) in [5.41, 5.74) is 4.00. The fourth-order valence-electron chi connectivity index (χ4n) is 2.46. The molecule has 0 aliphatic rings. The van der Waals surface area contributed by atoms with Gasteiger partial charge in [-0.25, -0.2) is 4.98 Å². The van der Waals surface area contributed by atoms with Crippen molar-refractivity contribution in [1.29, 1.82) is 5.26 Å². The Labute approximate surface area is 161 Å². The van der Waals surface area contributed by atoms with Crippen LogP contribution in [-0.4, -0.2) is 10.9 Å². The molecular formula is C20H16ClN3OS.